The van der Waals surface area contributed by atoms with Crippen LogP contribution in [0.5, 0.6) is 0 Å². The van der Waals surface area contributed by atoms with Gasteiger partial charge in [0, 0.05) is 19.0 Å². The van der Waals surface area contributed by atoms with Gasteiger partial charge in [0.15, 0.2) is 0 Å². The number of nitrogens with one attached hydrogen (secondary N) is 2. The topological polar surface area (TPSA) is 74.7 Å². The van der Waals surface area contributed by atoms with Gasteiger partial charge in [0.2, 0.25) is 11.9 Å². The van der Waals surface area contributed by atoms with E-state index >= 15 is 0 Å². The van der Waals surface area contributed by atoms with Gasteiger partial charge in [0.25, 0.3) is 0 Å². The maximum absolute atomic E-state index is 5.07. The van der Waals surface area contributed by atoms with Crippen LogP contribution in [0.2, 0.25) is 0 Å². The molecular weight excluding hydrogens is 280 g/mol. The maximum Gasteiger partial charge on any atom is 0.230 e. The summed E-state index contributed by atoms with van der Waals surface area (Å²) in [7, 11) is 1.70. The minimum atomic E-state index is 0.563. The van der Waals surface area contributed by atoms with E-state index < -0.39 is 0 Å². The fraction of sp³-hybridized carbons (Fsp3) is 0.400. The van der Waals surface area contributed by atoms with E-state index in [-0.39, 0.29) is 0 Å². The number of hydrogen-bond acceptors (Lipinski definition) is 7. The highest BCUT2D eigenvalue weighted by atomic mass is 16.5. The highest BCUT2D eigenvalue weighted by Crippen LogP contribution is 2.16. The van der Waals surface area contributed by atoms with Gasteiger partial charge in [0.05, 0.1) is 31.2 Å². The predicted molar refractivity (Wildman–Crippen MR) is 86.8 cm³/mol. The molecule has 2 heterocycles. The quantitative estimate of drug-likeness (QED) is 0.883. The van der Waals surface area contributed by atoms with Crippen LogP contribution >= 0.6 is 0 Å². The van der Waals surface area contributed by atoms with E-state index in [1.54, 1.807) is 7.11 Å². The van der Waals surface area contributed by atoms with E-state index in [1.165, 1.54) is 0 Å². The Labute approximate surface area is 129 Å². The molecule has 7 nitrogen and oxygen atoms in total. The molecule has 0 atom stereocenters. The van der Waals surface area contributed by atoms with Crippen LogP contribution in [-0.2, 0) is 4.74 Å². The molecule has 0 radical (unpaired) electrons. The first-order chi connectivity index (χ1) is 10.8. The molecule has 0 aliphatic carbocycles. The Balaban J connectivity index is 1.70. The number of aliphatic imine (C=N–C) groups is 1. The van der Waals surface area contributed by atoms with Gasteiger partial charge in [-0.05, 0) is 13.0 Å². The van der Waals surface area contributed by atoms with Crippen molar-refractivity contribution >= 4 is 22.8 Å². The molecule has 1 aromatic carbocycles. The highest BCUT2D eigenvalue weighted by Gasteiger charge is 2.13. The molecule has 2 aromatic rings. The van der Waals surface area contributed by atoms with Crippen LogP contribution in [0.3, 0.4) is 0 Å². The summed E-state index contributed by atoms with van der Waals surface area (Å²) in [5.74, 6) is 1.26. The summed E-state index contributed by atoms with van der Waals surface area (Å²) < 4.78 is 5.07. The molecule has 1 aliphatic rings. The molecule has 3 rings (SSSR count). The Bertz CT molecular complexity index is 687. The van der Waals surface area contributed by atoms with Gasteiger partial charge in [-0.15, -0.1) is 0 Å². The van der Waals surface area contributed by atoms with Gasteiger partial charge in [-0.1, -0.05) is 18.2 Å². The number of aryl methyl sites for hydroxylation is 1. The molecule has 0 unspecified atom stereocenters. The van der Waals surface area contributed by atoms with Gasteiger partial charge in [-0.3, -0.25) is 10.2 Å². The number of guanidine groups is 1. The summed E-state index contributed by atoms with van der Waals surface area (Å²) in [5, 5.41) is 7.44. The molecule has 7 heteroatoms. The summed E-state index contributed by atoms with van der Waals surface area (Å²) in [5.41, 5.74) is 1.88. The average Bonchev–Trinajstić information content (AvgIpc) is 2.54. The van der Waals surface area contributed by atoms with E-state index in [4.69, 9.17) is 4.74 Å². The van der Waals surface area contributed by atoms with Crippen LogP contribution < -0.4 is 10.6 Å². The number of methoxy groups -OCH3 is 1. The fourth-order valence-corrected chi connectivity index (χ4v) is 2.31. The zero-order valence-electron chi connectivity index (χ0n) is 12.8. The van der Waals surface area contributed by atoms with Crippen LogP contribution in [0, 0.1) is 6.92 Å². The van der Waals surface area contributed by atoms with Crippen molar-refractivity contribution in [3.63, 3.8) is 0 Å². The third-order valence-corrected chi connectivity index (χ3v) is 3.53. The zero-order valence-corrected chi connectivity index (χ0v) is 12.8. The number of ether oxygens (including phenoxy) is 1. The molecule has 0 saturated carbocycles. The van der Waals surface area contributed by atoms with Crippen molar-refractivity contribution in [3.8, 4) is 0 Å². The Kier molecular flexibility index (Phi) is 4.45. The Morgan fingerprint density at radius 3 is 2.95 bits per heavy atom. The van der Waals surface area contributed by atoms with E-state index in [2.05, 4.69) is 30.5 Å². The third kappa shape index (κ3) is 3.32. The number of hydrogen-bond donors (Lipinski definition) is 2. The first-order valence-electron chi connectivity index (χ1n) is 7.26. The minimum absolute atomic E-state index is 0.563. The van der Waals surface area contributed by atoms with Gasteiger partial charge < -0.3 is 10.1 Å². The number of fused-ring (bicyclic) bond motifs is 1. The second kappa shape index (κ2) is 6.67. The van der Waals surface area contributed by atoms with Crippen molar-refractivity contribution in [2.24, 2.45) is 4.99 Å². The van der Waals surface area contributed by atoms with Gasteiger partial charge in [0.1, 0.15) is 0 Å². The smallest absolute Gasteiger partial charge is 0.230 e. The van der Waals surface area contributed by atoms with Crippen LogP contribution in [0.15, 0.2) is 29.3 Å². The van der Waals surface area contributed by atoms with Crippen molar-refractivity contribution < 1.29 is 4.74 Å². The zero-order chi connectivity index (χ0) is 15.4. The number of rotatable bonds is 4. The SMILES string of the molecule is COCCN1CN=C(Nc2nc(C)c3ccccc3n2)NC1. The minimum Gasteiger partial charge on any atom is -0.383 e. The number of benzene rings is 1. The molecule has 0 fully saturated rings. The van der Waals surface area contributed by atoms with Crippen molar-refractivity contribution in [3.05, 3.63) is 30.0 Å². The molecule has 0 saturated heterocycles. The van der Waals surface area contributed by atoms with E-state index in [0.717, 1.165) is 29.8 Å². The van der Waals surface area contributed by atoms with E-state index in [0.29, 0.717) is 25.2 Å². The van der Waals surface area contributed by atoms with Crippen molar-refractivity contribution in [2.45, 2.75) is 6.92 Å². The van der Waals surface area contributed by atoms with Crippen LogP contribution in [0.1, 0.15) is 5.69 Å². The third-order valence-electron chi connectivity index (χ3n) is 3.53. The van der Waals surface area contributed by atoms with Gasteiger partial charge in [-0.25, -0.2) is 15.0 Å². The lowest BCUT2D eigenvalue weighted by atomic mass is 10.2. The van der Waals surface area contributed by atoms with Crippen molar-refractivity contribution in [1.82, 2.24) is 20.2 Å². The molecule has 1 aliphatic heterocycles. The molecule has 0 spiro atoms. The lowest BCUT2D eigenvalue weighted by Gasteiger charge is -2.26. The highest BCUT2D eigenvalue weighted by molar-refractivity contribution is 5.93. The lowest BCUT2D eigenvalue weighted by Crippen LogP contribution is -2.46. The molecular formula is C15H20N6O. The molecule has 116 valence electrons. The van der Waals surface area contributed by atoms with Crippen LogP contribution in [0.25, 0.3) is 10.9 Å². The van der Waals surface area contributed by atoms with Crippen LogP contribution in [-0.4, -0.2) is 54.4 Å². The van der Waals surface area contributed by atoms with Gasteiger partial charge in [-0.2, -0.15) is 0 Å². The molecule has 1 aromatic heterocycles. The Morgan fingerprint density at radius 1 is 1.32 bits per heavy atom. The maximum atomic E-state index is 5.07. The largest absolute Gasteiger partial charge is 0.383 e. The van der Waals surface area contributed by atoms with Crippen molar-refractivity contribution in [2.75, 3.05) is 38.9 Å². The summed E-state index contributed by atoms with van der Waals surface area (Å²) in [4.78, 5) is 15.6. The normalized spacial score (nSPS) is 15.5. The summed E-state index contributed by atoms with van der Waals surface area (Å²) >= 11 is 0. The molecule has 22 heavy (non-hydrogen) atoms. The number of aromatic nitrogens is 2. The van der Waals surface area contributed by atoms with E-state index in [9.17, 15) is 0 Å². The summed E-state index contributed by atoms with van der Waals surface area (Å²) in [6.07, 6.45) is 0. The number of nitrogens with zero attached hydrogens (tertiary/aromatic N) is 4. The number of para-hydroxylation sites is 1. The van der Waals surface area contributed by atoms with Crippen molar-refractivity contribution in [1.29, 1.82) is 0 Å². The fourth-order valence-electron chi connectivity index (χ4n) is 2.31. The lowest BCUT2D eigenvalue weighted by molar-refractivity contribution is 0.145. The second-order valence-electron chi connectivity index (χ2n) is 5.15. The summed E-state index contributed by atoms with van der Waals surface area (Å²) in [6, 6.07) is 7.98. The number of anilines is 1. The summed E-state index contributed by atoms with van der Waals surface area (Å²) in [6.45, 7) is 4.89. The predicted octanol–water partition coefficient (Wildman–Crippen LogP) is 1.17. The first-order valence-corrected chi connectivity index (χ1v) is 7.26. The molecule has 0 amide bonds. The second-order valence-corrected chi connectivity index (χ2v) is 5.15. The van der Waals surface area contributed by atoms with E-state index in [1.807, 2.05) is 31.2 Å². The average molecular weight is 300 g/mol. The monoisotopic (exact) mass is 300 g/mol. The van der Waals surface area contributed by atoms with Gasteiger partial charge >= 0.3 is 0 Å². The molecule has 0 bridgehead atoms. The first kappa shape index (κ1) is 14.7. The Morgan fingerprint density at radius 2 is 2.18 bits per heavy atom. The standard InChI is InChI=1S/C15H20N6O/c1-11-12-5-3-4-6-13(12)19-15(18-11)20-14-16-9-21(10-17-14)7-8-22-2/h3-6H,7-10H2,1-2H3,(H2,16,17,18,19,20). The van der Waals surface area contributed by atoms with Crippen LogP contribution in [0.4, 0.5) is 5.95 Å². The Hall–Kier alpha value is -2.25. The molecule has 2 N–H and O–H groups in total.